The van der Waals surface area contributed by atoms with E-state index in [-0.39, 0.29) is 5.91 Å². The number of guanidine groups is 1. The van der Waals surface area contributed by atoms with Crippen molar-refractivity contribution in [1.29, 1.82) is 0 Å². The summed E-state index contributed by atoms with van der Waals surface area (Å²) in [6.07, 6.45) is 7.86. The lowest BCUT2D eigenvalue weighted by molar-refractivity contribution is 0.0741. The number of nitrogens with zero attached hydrogens (tertiary/aromatic N) is 5. The maximum absolute atomic E-state index is 13.8. The first kappa shape index (κ1) is 27.7. The van der Waals surface area contributed by atoms with Crippen molar-refractivity contribution < 1.29 is 9.90 Å². The second kappa shape index (κ2) is 12.1. The minimum absolute atomic E-state index is 0.0879. The number of carbonyl (C=O) groups is 1. The molecule has 8 heteroatoms. The van der Waals surface area contributed by atoms with Gasteiger partial charge in [0.05, 0.1) is 22.8 Å². The number of carbonyl (C=O) groups excluding carboxylic acids is 1. The summed E-state index contributed by atoms with van der Waals surface area (Å²) in [5.41, 5.74) is 4.03. The molecular formula is C31H46N6O2. The van der Waals surface area contributed by atoms with Crippen LogP contribution in [0.3, 0.4) is 0 Å². The molecule has 0 saturated carbocycles. The molecule has 1 atom stereocenters. The Kier molecular flexibility index (Phi) is 8.62. The topological polar surface area (TPSA) is 78.4 Å². The number of aliphatic imine (C=N–C) groups is 1. The van der Waals surface area contributed by atoms with E-state index in [1.165, 1.54) is 32.4 Å². The van der Waals surface area contributed by atoms with Crippen LogP contribution in [-0.4, -0.2) is 71.0 Å². The summed E-state index contributed by atoms with van der Waals surface area (Å²) in [4.78, 5) is 30.6. The lowest BCUT2D eigenvalue weighted by Crippen LogP contribution is -2.43. The summed E-state index contributed by atoms with van der Waals surface area (Å²) in [5, 5.41) is 11.3. The van der Waals surface area contributed by atoms with Gasteiger partial charge in [-0.15, -0.1) is 0 Å². The zero-order valence-electron chi connectivity index (χ0n) is 24.2. The number of H-pyrrole nitrogens is 1. The molecular weight excluding hydrogens is 488 g/mol. The number of amides is 1. The number of anilines is 2. The molecule has 1 aromatic heterocycles. The van der Waals surface area contributed by atoms with E-state index >= 15 is 0 Å². The number of aliphatic hydroxyl groups excluding tert-OH is 1. The molecule has 4 heterocycles. The number of likely N-dealkylation sites (tertiary alicyclic amines) is 1. The van der Waals surface area contributed by atoms with E-state index in [9.17, 15) is 9.90 Å². The molecule has 0 bridgehead atoms. The smallest absolute Gasteiger partial charge is 0.253 e. The number of rotatable bonds is 11. The highest BCUT2D eigenvalue weighted by Crippen LogP contribution is 2.46. The van der Waals surface area contributed by atoms with Crippen molar-refractivity contribution in [2.24, 2.45) is 16.8 Å². The fourth-order valence-corrected chi connectivity index (χ4v) is 5.87. The number of aromatic amines is 1. The number of fused-ring (bicyclic) bond motifs is 4. The quantitative estimate of drug-likeness (QED) is 0.384. The summed E-state index contributed by atoms with van der Waals surface area (Å²) in [5.74, 6) is 1.92. The molecule has 0 aliphatic carbocycles. The maximum Gasteiger partial charge on any atom is 0.253 e. The van der Waals surface area contributed by atoms with Gasteiger partial charge in [0.2, 0.25) is 5.96 Å². The predicted molar refractivity (Wildman–Crippen MR) is 159 cm³/mol. The van der Waals surface area contributed by atoms with Gasteiger partial charge in [0.15, 0.2) is 6.23 Å². The van der Waals surface area contributed by atoms with Crippen molar-refractivity contribution >= 4 is 28.9 Å². The van der Waals surface area contributed by atoms with Gasteiger partial charge < -0.3 is 24.8 Å². The van der Waals surface area contributed by atoms with Crippen molar-refractivity contribution in [2.75, 3.05) is 49.1 Å². The third-order valence-corrected chi connectivity index (χ3v) is 8.25. The number of aromatic nitrogens is 1. The molecule has 212 valence electrons. The fraction of sp³-hybridized carbons (Fsp3) is 0.613. The number of piperidine rings is 1. The first-order valence-corrected chi connectivity index (χ1v) is 15.0. The molecule has 1 saturated heterocycles. The van der Waals surface area contributed by atoms with Crippen LogP contribution in [0.1, 0.15) is 88.5 Å². The number of hydrogen-bond donors (Lipinski definition) is 2. The molecule has 1 aromatic carbocycles. The van der Waals surface area contributed by atoms with E-state index in [1.54, 1.807) is 0 Å². The Morgan fingerprint density at radius 2 is 1.74 bits per heavy atom. The molecule has 2 N–H and O–H groups in total. The van der Waals surface area contributed by atoms with Crippen LogP contribution >= 0.6 is 0 Å². The van der Waals surface area contributed by atoms with Crippen LogP contribution in [0.2, 0.25) is 0 Å². The highest BCUT2D eigenvalue weighted by molar-refractivity contribution is 6.18. The van der Waals surface area contributed by atoms with Crippen LogP contribution in [0.5, 0.6) is 0 Å². The van der Waals surface area contributed by atoms with Crippen LogP contribution in [-0.2, 0) is 0 Å². The Hall–Kier alpha value is -2.84. The number of hydrogen-bond acceptors (Lipinski definition) is 6. The molecule has 1 fully saturated rings. The average molecular weight is 535 g/mol. The molecule has 1 unspecified atom stereocenters. The standard InChI is InChI=1S/C31H46N6O2/c1-22(2)12-19-35(20-13-23(3)4)29(38)24-9-10-26-27(21-24)36(18-8-17-34-15-6-5-7-16-34)31-33-25-11-14-32-28(25)30(39)37(26)31/h9-11,14,21-23,30,32,39H,5-8,12-13,15-20H2,1-4H3. The van der Waals surface area contributed by atoms with Crippen molar-refractivity contribution in [3.05, 3.63) is 41.7 Å². The van der Waals surface area contributed by atoms with Crippen LogP contribution in [0, 0.1) is 11.8 Å². The Labute approximate surface area is 233 Å². The third kappa shape index (κ3) is 6.02. The largest absolute Gasteiger partial charge is 0.368 e. The van der Waals surface area contributed by atoms with Gasteiger partial charge in [0, 0.05) is 31.4 Å². The minimum Gasteiger partial charge on any atom is -0.368 e. The van der Waals surface area contributed by atoms with Crippen LogP contribution in [0.15, 0.2) is 35.5 Å². The summed E-state index contributed by atoms with van der Waals surface area (Å²) >= 11 is 0. The normalized spacial score (nSPS) is 18.8. The summed E-state index contributed by atoms with van der Waals surface area (Å²) in [6.45, 7) is 14.6. The monoisotopic (exact) mass is 534 g/mol. The molecule has 0 radical (unpaired) electrons. The van der Waals surface area contributed by atoms with E-state index in [0.29, 0.717) is 23.1 Å². The number of aliphatic hydroxyl groups is 1. The van der Waals surface area contributed by atoms with Crippen LogP contribution < -0.4 is 9.80 Å². The lowest BCUT2D eigenvalue weighted by Gasteiger charge is -2.31. The van der Waals surface area contributed by atoms with Gasteiger partial charge in [-0.3, -0.25) is 9.69 Å². The van der Waals surface area contributed by atoms with Gasteiger partial charge in [-0.1, -0.05) is 34.1 Å². The second-order valence-electron chi connectivity index (χ2n) is 12.2. The van der Waals surface area contributed by atoms with Crippen molar-refractivity contribution in [3.63, 3.8) is 0 Å². The average Bonchev–Trinajstić information content (AvgIpc) is 3.52. The first-order valence-electron chi connectivity index (χ1n) is 15.0. The lowest BCUT2D eigenvalue weighted by atomic mass is 10.1. The Bertz CT molecular complexity index is 1150. The van der Waals surface area contributed by atoms with Gasteiger partial charge in [-0.25, -0.2) is 4.99 Å². The highest BCUT2D eigenvalue weighted by Gasteiger charge is 2.41. The Morgan fingerprint density at radius 3 is 2.44 bits per heavy atom. The molecule has 0 spiro atoms. The van der Waals surface area contributed by atoms with E-state index in [0.717, 1.165) is 68.5 Å². The molecule has 1 amide bonds. The van der Waals surface area contributed by atoms with Gasteiger partial charge in [0.1, 0.15) is 0 Å². The third-order valence-electron chi connectivity index (χ3n) is 8.25. The molecule has 5 rings (SSSR count). The van der Waals surface area contributed by atoms with Crippen LogP contribution in [0.4, 0.5) is 17.1 Å². The summed E-state index contributed by atoms with van der Waals surface area (Å²) < 4.78 is 0. The molecule has 3 aliphatic rings. The Balaban J connectivity index is 1.42. The predicted octanol–water partition coefficient (Wildman–Crippen LogP) is 5.74. The molecule has 3 aliphatic heterocycles. The second-order valence-corrected chi connectivity index (χ2v) is 12.2. The summed E-state index contributed by atoms with van der Waals surface area (Å²) in [6, 6.07) is 7.85. The fourth-order valence-electron chi connectivity index (χ4n) is 5.87. The van der Waals surface area contributed by atoms with Gasteiger partial charge >= 0.3 is 0 Å². The van der Waals surface area contributed by atoms with Crippen LogP contribution in [0.25, 0.3) is 0 Å². The zero-order chi connectivity index (χ0) is 27.5. The minimum atomic E-state index is -0.844. The number of nitrogens with one attached hydrogen (secondary N) is 1. The van der Waals surface area contributed by atoms with E-state index < -0.39 is 6.23 Å². The Morgan fingerprint density at radius 1 is 1.03 bits per heavy atom. The maximum atomic E-state index is 13.8. The number of benzene rings is 1. The zero-order valence-corrected chi connectivity index (χ0v) is 24.2. The first-order chi connectivity index (χ1) is 18.8. The van der Waals surface area contributed by atoms with E-state index in [1.807, 2.05) is 40.3 Å². The highest BCUT2D eigenvalue weighted by atomic mass is 16.3. The molecule has 2 aromatic rings. The molecule has 39 heavy (non-hydrogen) atoms. The van der Waals surface area contributed by atoms with Gasteiger partial charge in [0.25, 0.3) is 5.91 Å². The van der Waals surface area contributed by atoms with Crippen molar-refractivity contribution in [3.8, 4) is 0 Å². The van der Waals surface area contributed by atoms with Gasteiger partial charge in [-0.05, 0) is 87.8 Å². The van der Waals surface area contributed by atoms with Gasteiger partial charge in [-0.2, -0.15) is 0 Å². The van der Waals surface area contributed by atoms with E-state index in [4.69, 9.17) is 4.99 Å². The van der Waals surface area contributed by atoms with Crippen molar-refractivity contribution in [2.45, 2.75) is 72.4 Å². The SMILES string of the molecule is CC(C)CCN(CCC(C)C)C(=O)c1ccc2c(c1)N(CCCN1CCCCC1)C1=Nc3cc[nH]c3C(O)N12. The van der Waals surface area contributed by atoms with Crippen molar-refractivity contribution in [1.82, 2.24) is 14.8 Å². The molecule has 8 nitrogen and oxygen atoms in total. The van der Waals surface area contributed by atoms with E-state index in [2.05, 4.69) is 42.5 Å². The summed E-state index contributed by atoms with van der Waals surface area (Å²) in [7, 11) is 0.